The number of hydrogen-bond donors (Lipinski definition) is 1. The van der Waals surface area contributed by atoms with Gasteiger partial charge in [-0.1, -0.05) is 26.2 Å². The van der Waals surface area contributed by atoms with Gasteiger partial charge in [0.15, 0.2) is 0 Å². The smallest absolute Gasteiger partial charge is 0.236 e. The lowest BCUT2D eigenvalue weighted by Crippen LogP contribution is -2.40. The minimum Gasteiger partial charge on any atom is -0.339 e. The van der Waals surface area contributed by atoms with Crippen LogP contribution in [0.5, 0.6) is 0 Å². The van der Waals surface area contributed by atoms with Gasteiger partial charge in [-0.2, -0.15) is 0 Å². The molecule has 0 spiro atoms. The van der Waals surface area contributed by atoms with Gasteiger partial charge in [0.2, 0.25) is 5.91 Å². The lowest BCUT2D eigenvalue weighted by Gasteiger charge is -2.28. The van der Waals surface area contributed by atoms with E-state index in [4.69, 9.17) is 0 Å². The Bertz CT molecular complexity index is 280. The zero-order valence-corrected chi connectivity index (χ0v) is 12.7. The maximum Gasteiger partial charge on any atom is 0.236 e. The van der Waals surface area contributed by atoms with Crippen molar-refractivity contribution in [2.24, 2.45) is 11.8 Å². The van der Waals surface area contributed by atoms with Gasteiger partial charge in [-0.15, -0.1) is 0 Å². The second-order valence-electron chi connectivity index (χ2n) is 6.34. The van der Waals surface area contributed by atoms with Crippen LogP contribution in [-0.2, 0) is 4.79 Å². The fourth-order valence-corrected chi connectivity index (χ4v) is 3.35. The Hall–Kier alpha value is -0.570. The van der Waals surface area contributed by atoms with Crippen LogP contribution in [-0.4, -0.2) is 36.5 Å². The van der Waals surface area contributed by atoms with Gasteiger partial charge in [0.05, 0.1) is 6.54 Å². The molecule has 1 N–H and O–H groups in total. The first-order valence-electron chi connectivity index (χ1n) is 8.24. The van der Waals surface area contributed by atoms with Gasteiger partial charge in [0.25, 0.3) is 0 Å². The summed E-state index contributed by atoms with van der Waals surface area (Å²) >= 11 is 0. The molecule has 0 aromatic rings. The Labute approximate surface area is 118 Å². The molecule has 2 saturated carbocycles. The molecule has 2 rings (SSSR count). The fraction of sp³-hybridized carbons (Fsp3) is 0.938. The van der Waals surface area contributed by atoms with Crippen molar-refractivity contribution in [3.05, 3.63) is 0 Å². The van der Waals surface area contributed by atoms with E-state index in [0.717, 1.165) is 24.9 Å². The van der Waals surface area contributed by atoms with E-state index in [1.54, 1.807) is 0 Å². The van der Waals surface area contributed by atoms with Crippen LogP contribution >= 0.6 is 0 Å². The molecule has 0 radical (unpaired) electrons. The third-order valence-electron chi connectivity index (χ3n) is 4.90. The van der Waals surface area contributed by atoms with Gasteiger partial charge >= 0.3 is 0 Å². The van der Waals surface area contributed by atoms with Crippen LogP contribution in [0.3, 0.4) is 0 Å². The third kappa shape index (κ3) is 4.48. The molecule has 0 aliphatic heterocycles. The van der Waals surface area contributed by atoms with Crippen molar-refractivity contribution in [3.8, 4) is 0 Å². The number of rotatable bonds is 7. The molecule has 0 heterocycles. The molecule has 1 amide bonds. The number of amides is 1. The Kier molecular flexibility index (Phi) is 5.68. The predicted octanol–water partition coefficient (Wildman–Crippen LogP) is 2.80. The third-order valence-corrected chi connectivity index (χ3v) is 4.90. The van der Waals surface area contributed by atoms with Crippen LogP contribution in [0.4, 0.5) is 0 Å². The maximum absolute atomic E-state index is 12.1. The molecule has 2 aliphatic rings. The average molecular weight is 266 g/mol. The summed E-state index contributed by atoms with van der Waals surface area (Å²) in [4.78, 5) is 14.1. The van der Waals surface area contributed by atoms with Crippen molar-refractivity contribution in [3.63, 3.8) is 0 Å². The highest BCUT2D eigenvalue weighted by atomic mass is 16.2. The molecule has 0 aromatic heterocycles. The predicted molar refractivity (Wildman–Crippen MR) is 79.0 cm³/mol. The largest absolute Gasteiger partial charge is 0.339 e. The second-order valence-corrected chi connectivity index (χ2v) is 6.34. The molecule has 2 aliphatic carbocycles. The SMILES string of the molecule is CCC1CCC(CNCC(=O)N(CC)C2CC2)CC1. The Morgan fingerprint density at radius 2 is 1.68 bits per heavy atom. The number of carbonyl (C=O) groups excluding carboxylic acids is 1. The minimum atomic E-state index is 0.298. The van der Waals surface area contributed by atoms with Crippen molar-refractivity contribution in [2.75, 3.05) is 19.6 Å². The normalized spacial score (nSPS) is 27.3. The van der Waals surface area contributed by atoms with Gasteiger partial charge in [-0.05, 0) is 51.0 Å². The highest BCUT2D eigenvalue weighted by Gasteiger charge is 2.31. The van der Waals surface area contributed by atoms with Crippen LogP contribution < -0.4 is 5.32 Å². The number of nitrogens with one attached hydrogen (secondary N) is 1. The monoisotopic (exact) mass is 266 g/mol. The molecule has 0 unspecified atom stereocenters. The maximum atomic E-state index is 12.1. The lowest BCUT2D eigenvalue weighted by molar-refractivity contribution is -0.130. The van der Waals surface area contributed by atoms with Crippen LogP contribution in [0.25, 0.3) is 0 Å². The summed E-state index contributed by atoms with van der Waals surface area (Å²) < 4.78 is 0. The minimum absolute atomic E-state index is 0.298. The Morgan fingerprint density at radius 1 is 1.05 bits per heavy atom. The van der Waals surface area contributed by atoms with E-state index < -0.39 is 0 Å². The first-order valence-corrected chi connectivity index (χ1v) is 8.24. The molecule has 19 heavy (non-hydrogen) atoms. The summed E-state index contributed by atoms with van der Waals surface area (Å²) in [6.45, 7) is 6.83. The number of carbonyl (C=O) groups is 1. The van der Waals surface area contributed by atoms with Crippen molar-refractivity contribution in [1.29, 1.82) is 0 Å². The Morgan fingerprint density at radius 3 is 2.21 bits per heavy atom. The summed E-state index contributed by atoms with van der Waals surface area (Å²) in [6.07, 6.45) is 9.23. The van der Waals surface area contributed by atoms with Crippen molar-refractivity contribution in [2.45, 2.75) is 64.8 Å². The summed E-state index contributed by atoms with van der Waals surface area (Å²) in [7, 11) is 0. The lowest BCUT2D eigenvalue weighted by atomic mass is 9.81. The van der Waals surface area contributed by atoms with Crippen molar-refractivity contribution >= 4 is 5.91 Å². The van der Waals surface area contributed by atoms with Crippen molar-refractivity contribution < 1.29 is 4.79 Å². The van der Waals surface area contributed by atoms with Gasteiger partial charge in [0.1, 0.15) is 0 Å². The van der Waals surface area contributed by atoms with Crippen LogP contribution in [0.15, 0.2) is 0 Å². The van der Waals surface area contributed by atoms with E-state index in [0.29, 0.717) is 18.5 Å². The van der Waals surface area contributed by atoms with Crippen LogP contribution in [0.1, 0.15) is 58.8 Å². The molecule has 3 heteroatoms. The van der Waals surface area contributed by atoms with E-state index in [1.807, 2.05) is 4.90 Å². The quantitative estimate of drug-likeness (QED) is 0.768. The Balaban J connectivity index is 1.59. The van der Waals surface area contributed by atoms with Gasteiger partial charge in [-0.25, -0.2) is 0 Å². The topological polar surface area (TPSA) is 32.3 Å². The molecule has 0 atom stereocenters. The van der Waals surface area contributed by atoms with Crippen LogP contribution in [0, 0.1) is 11.8 Å². The fourth-order valence-electron chi connectivity index (χ4n) is 3.35. The van der Waals surface area contributed by atoms with Gasteiger partial charge in [0, 0.05) is 12.6 Å². The van der Waals surface area contributed by atoms with Crippen molar-refractivity contribution in [1.82, 2.24) is 10.2 Å². The number of likely N-dealkylation sites (N-methyl/N-ethyl adjacent to an activating group) is 1. The first kappa shape index (κ1) is 14.8. The number of hydrogen-bond acceptors (Lipinski definition) is 2. The van der Waals surface area contributed by atoms with E-state index in [-0.39, 0.29) is 0 Å². The summed E-state index contributed by atoms with van der Waals surface area (Å²) in [6, 6.07) is 0.555. The molecule has 0 bridgehead atoms. The first-order chi connectivity index (χ1) is 9.24. The van der Waals surface area contributed by atoms with Crippen LogP contribution in [0.2, 0.25) is 0 Å². The number of nitrogens with zero attached hydrogens (tertiary/aromatic N) is 1. The van der Waals surface area contributed by atoms with Gasteiger partial charge in [-0.3, -0.25) is 4.79 Å². The molecule has 110 valence electrons. The molecule has 3 nitrogen and oxygen atoms in total. The summed E-state index contributed by atoms with van der Waals surface area (Å²) in [5, 5.41) is 3.39. The highest BCUT2D eigenvalue weighted by Crippen LogP contribution is 2.30. The molecule has 0 saturated heterocycles. The highest BCUT2D eigenvalue weighted by molar-refractivity contribution is 5.78. The standard InChI is InChI=1S/C16H30N2O/c1-3-13-5-7-14(8-6-13)11-17-12-16(19)18(4-2)15-9-10-15/h13-15,17H,3-12H2,1-2H3. The van der Waals surface area contributed by atoms with E-state index in [2.05, 4.69) is 19.2 Å². The van der Waals surface area contributed by atoms with Gasteiger partial charge < -0.3 is 10.2 Å². The molecule has 0 aromatic carbocycles. The van der Waals surface area contributed by atoms with E-state index in [1.165, 1.54) is 44.9 Å². The zero-order chi connectivity index (χ0) is 13.7. The summed E-state index contributed by atoms with van der Waals surface area (Å²) in [5.74, 6) is 2.06. The molecular weight excluding hydrogens is 236 g/mol. The van der Waals surface area contributed by atoms with E-state index >= 15 is 0 Å². The summed E-state index contributed by atoms with van der Waals surface area (Å²) in [5.41, 5.74) is 0. The second kappa shape index (κ2) is 7.28. The van der Waals surface area contributed by atoms with E-state index in [9.17, 15) is 4.79 Å². The average Bonchev–Trinajstić information content (AvgIpc) is 3.25. The molecule has 2 fully saturated rings. The molecular formula is C16H30N2O. The zero-order valence-electron chi connectivity index (χ0n) is 12.7.